The van der Waals surface area contributed by atoms with E-state index in [4.69, 9.17) is 55.9 Å². The Kier molecular flexibility index (Phi) is 13.0. The lowest BCUT2D eigenvalue weighted by atomic mass is 10.1. The highest BCUT2D eigenvalue weighted by molar-refractivity contribution is 6.42. The number of nitrogens with zero attached hydrogens (tertiary/aromatic N) is 6. The van der Waals surface area contributed by atoms with Gasteiger partial charge in [0, 0.05) is 36.6 Å². The molecule has 0 spiro atoms. The Morgan fingerprint density at radius 2 is 1.02 bits per heavy atom. The molecule has 0 saturated carbocycles. The van der Waals surface area contributed by atoms with Gasteiger partial charge in [-0.05, 0) is 109 Å². The highest BCUT2D eigenvalue weighted by Crippen LogP contribution is 2.27. The van der Waals surface area contributed by atoms with Crippen molar-refractivity contribution in [2.24, 2.45) is 0 Å². The molecule has 4 aromatic rings. The van der Waals surface area contributed by atoms with Crippen LogP contribution in [0.5, 0.6) is 11.8 Å². The van der Waals surface area contributed by atoms with Crippen LogP contribution < -0.4 is 9.47 Å². The third-order valence-electron chi connectivity index (χ3n) is 8.20. The fourth-order valence-corrected chi connectivity index (χ4v) is 6.31. The summed E-state index contributed by atoms with van der Waals surface area (Å²) >= 11 is 24.1. The van der Waals surface area contributed by atoms with E-state index in [1.54, 1.807) is 24.3 Å². The molecule has 12 heteroatoms. The van der Waals surface area contributed by atoms with Crippen LogP contribution in [-0.4, -0.2) is 81.8 Å². The maximum Gasteiger partial charge on any atom is 0.233 e. The van der Waals surface area contributed by atoms with E-state index in [0.29, 0.717) is 45.1 Å². The summed E-state index contributed by atoms with van der Waals surface area (Å²) in [6.07, 6.45) is 7.63. The van der Waals surface area contributed by atoms with Crippen molar-refractivity contribution in [2.45, 2.75) is 52.4 Å². The van der Waals surface area contributed by atoms with Crippen LogP contribution in [0, 0.1) is 13.8 Å². The van der Waals surface area contributed by atoms with Crippen LogP contribution in [0.3, 0.4) is 0 Å². The standard InChI is InChI=1S/2C17H21Cl2N3O/c1-13-11-17(23-10-4-9-21-7-2-3-8-21)20-22(13)14-5-6-15(18)16(19)12-14;1-13-11-17(23-10-9-21-7-3-2-4-8-21)20-22(13)14-5-6-15(18)16(19)12-14/h2*5-6,11-12H,2-4,7-10H2,1H3. The number of aryl methyl sites for hydroxylation is 2. The number of rotatable bonds is 11. The van der Waals surface area contributed by atoms with Crippen LogP contribution in [0.2, 0.25) is 20.1 Å². The average molecular weight is 709 g/mol. The van der Waals surface area contributed by atoms with Crippen LogP contribution in [0.15, 0.2) is 48.5 Å². The molecule has 2 aromatic heterocycles. The van der Waals surface area contributed by atoms with Crippen LogP contribution >= 0.6 is 46.4 Å². The monoisotopic (exact) mass is 706 g/mol. The summed E-state index contributed by atoms with van der Waals surface area (Å²) in [6.45, 7) is 12.2. The van der Waals surface area contributed by atoms with Gasteiger partial charge in [0.05, 0.1) is 38.1 Å². The van der Waals surface area contributed by atoms with Gasteiger partial charge in [-0.3, -0.25) is 4.90 Å². The Labute approximate surface area is 292 Å². The smallest absolute Gasteiger partial charge is 0.233 e. The summed E-state index contributed by atoms with van der Waals surface area (Å²) in [5.41, 5.74) is 3.75. The van der Waals surface area contributed by atoms with Crippen LogP contribution in [0.1, 0.15) is 49.9 Å². The number of likely N-dealkylation sites (tertiary alicyclic amines) is 2. The van der Waals surface area contributed by atoms with Crippen molar-refractivity contribution in [1.29, 1.82) is 0 Å². The molecule has 2 aromatic carbocycles. The van der Waals surface area contributed by atoms with Gasteiger partial charge < -0.3 is 14.4 Å². The normalized spacial score (nSPS) is 15.5. The van der Waals surface area contributed by atoms with Gasteiger partial charge in [-0.25, -0.2) is 9.36 Å². The maximum atomic E-state index is 6.08. The Hall–Kier alpha value is -2.46. The number of aromatic nitrogens is 4. The van der Waals surface area contributed by atoms with Crippen molar-refractivity contribution in [3.8, 4) is 23.1 Å². The van der Waals surface area contributed by atoms with E-state index >= 15 is 0 Å². The zero-order chi connectivity index (χ0) is 32.5. The lowest BCUT2D eigenvalue weighted by molar-refractivity contribution is 0.180. The Balaban J connectivity index is 0.000000181. The number of benzene rings is 2. The SMILES string of the molecule is Cc1cc(OCCCN2CCCC2)nn1-c1ccc(Cl)c(Cl)c1.Cc1cc(OCCN2CCCCC2)nn1-c1ccc(Cl)c(Cl)c1. The Morgan fingerprint density at radius 1 is 0.565 bits per heavy atom. The first-order valence-electron chi connectivity index (χ1n) is 16.0. The summed E-state index contributed by atoms with van der Waals surface area (Å²) in [5, 5.41) is 11.1. The zero-order valence-electron chi connectivity index (χ0n) is 26.5. The van der Waals surface area contributed by atoms with Gasteiger partial charge in [-0.1, -0.05) is 52.8 Å². The van der Waals surface area contributed by atoms with Crippen molar-refractivity contribution in [3.63, 3.8) is 0 Å². The van der Waals surface area contributed by atoms with E-state index in [1.165, 1.54) is 58.3 Å². The molecule has 2 saturated heterocycles. The summed E-state index contributed by atoms with van der Waals surface area (Å²) in [4.78, 5) is 4.94. The van der Waals surface area contributed by atoms with Crippen molar-refractivity contribution < 1.29 is 9.47 Å². The van der Waals surface area contributed by atoms with E-state index in [-0.39, 0.29) is 0 Å². The van der Waals surface area contributed by atoms with E-state index in [2.05, 4.69) is 20.0 Å². The van der Waals surface area contributed by atoms with E-state index in [0.717, 1.165) is 42.3 Å². The third kappa shape index (κ3) is 9.78. The molecule has 0 atom stereocenters. The van der Waals surface area contributed by atoms with Gasteiger partial charge >= 0.3 is 0 Å². The first-order valence-corrected chi connectivity index (χ1v) is 17.5. The van der Waals surface area contributed by atoms with Gasteiger partial charge in [-0.15, -0.1) is 10.2 Å². The highest BCUT2D eigenvalue weighted by atomic mass is 35.5. The van der Waals surface area contributed by atoms with Crippen molar-refractivity contribution in [1.82, 2.24) is 29.4 Å². The number of hydrogen-bond acceptors (Lipinski definition) is 6. The van der Waals surface area contributed by atoms with Gasteiger partial charge in [0.2, 0.25) is 11.8 Å². The Bertz CT molecular complexity index is 1560. The molecule has 0 radical (unpaired) electrons. The van der Waals surface area contributed by atoms with E-state index in [9.17, 15) is 0 Å². The van der Waals surface area contributed by atoms with Crippen molar-refractivity contribution >= 4 is 46.4 Å². The molecule has 0 aliphatic carbocycles. The molecule has 248 valence electrons. The van der Waals surface area contributed by atoms with Gasteiger partial charge in [0.15, 0.2) is 0 Å². The van der Waals surface area contributed by atoms with Gasteiger partial charge in [-0.2, -0.15) is 0 Å². The molecule has 6 rings (SSSR count). The maximum absolute atomic E-state index is 6.08. The minimum absolute atomic E-state index is 0.520. The fraction of sp³-hybridized carbons (Fsp3) is 0.471. The topological polar surface area (TPSA) is 60.6 Å². The quantitative estimate of drug-likeness (QED) is 0.145. The molecule has 0 N–H and O–H groups in total. The van der Waals surface area contributed by atoms with Crippen LogP contribution in [0.25, 0.3) is 11.4 Å². The second-order valence-corrected chi connectivity index (χ2v) is 13.4. The lowest BCUT2D eigenvalue weighted by Gasteiger charge is -2.25. The lowest BCUT2D eigenvalue weighted by Crippen LogP contribution is -2.33. The number of piperidine rings is 1. The summed E-state index contributed by atoms with van der Waals surface area (Å²) in [5.74, 6) is 1.29. The van der Waals surface area contributed by atoms with E-state index < -0.39 is 0 Å². The minimum Gasteiger partial charge on any atom is -0.477 e. The second kappa shape index (κ2) is 17.1. The summed E-state index contributed by atoms with van der Waals surface area (Å²) < 4.78 is 15.2. The molecule has 2 aliphatic rings. The average Bonchev–Trinajstić information content (AvgIpc) is 3.79. The van der Waals surface area contributed by atoms with Crippen LogP contribution in [-0.2, 0) is 0 Å². The first-order chi connectivity index (χ1) is 22.3. The molecular formula is C34H42Cl4N6O2. The highest BCUT2D eigenvalue weighted by Gasteiger charge is 2.14. The van der Waals surface area contributed by atoms with Crippen molar-refractivity contribution in [2.75, 3.05) is 52.5 Å². The van der Waals surface area contributed by atoms with Crippen molar-refractivity contribution in [3.05, 3.63) is 80.0 Å². The predicted molar refractivity (Wildman–Crippen MR) is 188 cm³/mol. The molecule has 4 heterocycles. The van der Waals surface area contributed by atoms with E-state index in [1.807, 2.05) is 47.5 Å². The van der Waals surface area contributed by atoms with Gasteiger partial charge in [0.1, 0.15) is 6.61 Å². The molecule has 0 bridgehead atoms. The molecule has 2 aliphatic heterocycles. The predicted octanol–water partition coefficient (Wildman–Crippen LogP) is 8.70. The minimum atomic E-state index is 0.520. The number of hydrogen-bond donors (Lipinski definition) is 0. The fourth-order valence-electron chi connectivity index (χ4n) is 5.72. The molecule has 8 nitrogen and oxygen atoms in total. The second-order valence-electron chi connectivity index (χ2n) is 11.8. The third-order valence-corrected chi connectivity index (χ3v) is 9.68. The molecular weight excluding hydrogens is 666 g/mol. The van der Waals surface area contributed by atoms with Crippen LogP contribution in [0.4, 0.5) is 0 Å². The summed E-state index contributed by atoms with van der Waals surface area (Å²) in [6, 6.07) is 14.8. The summed E-state index contributed by atoms with van der Waals surface area (Å²) in [7, 11) is 0. The Morgan fingerprint density at radius 3 is 1.52 bits per heavy atom. The number of halogens is 4. The first kappa shape index (κ1) is 34.9. The molecule has 0 amide bonds. The molecule has 46 heavy (non-hydrogen) atoms. The zero-order valence-corrected chi connectivity index (χ0v) is 29.6. The van der Waals surface area contributed by atoms with Gasteiger partial charge in [0.25, 0.3) is 0 Å². The number of ether oxygens (including phenoxy) is 2. The molecule has 0 unspecified atom stereocenters. The largest absolute Gasteiger partial charge is 0.477 e. The molecule has 2 fully saturated rings.